The summed E-state index contributed by atoms with van der Waals surface area (Å²) < 4.78 is 16.2. The first-order valence-electron chi connectivity index (χ1n) is 6.78. The molecule has 0 saturated heterocycles. The number of nitrogens with one attached hydrogen (secondary N) is 1. The fraction of sp³-hybridized carbons (Fsp3) is 0.400. The Morgan fingerprint density at radius 3 is 2.80 bits per heavy atom. The van der Waals surface area contributed by atoms with Gasteiger partial charge in [0.15, 0.2) is 0 Å². The van der Waals surface area contributed by atoms with Gasteiger partial charge < -0.3 is 5.32 Å². The van der Waals surface area contributed by atoms with E-state index >= 15 is 0 Å². The number of aromatic nitrogens is 2. The van der Waals surface area contributed by atoms with E-state index < -0.39 is 0 Å². The summed E-state index contributed by atoms with van der Waals surface area (Å²) in [6, 6.07) is 3.32. The monoisotopic (exact) mass is 339 g/mol. The van der Waals surface area contributed by atoms with Gasteiger partial charge in [0.2, 0.25) is 5.95 Å². The van der Waals surface area contributed by atoms with E-state index in [1.165, 1.54) is 6.07 Å². The second-order valence-electron chi connectivity index (χ2n) is 4.91. The molecule has 1 heterocycles. The van der Waals surface area contributed by atoms with Crippen LogP contribution in [0.25, 0.3) is 5.69 Å². The minimum atomic E-state index is -0.267. The van der Waals surface area contributed by atoms with Crippen LogP contribution in [0.1, 0.15) is 31.0 Å². The molecule has 0 aliphatic heterocycles. The van der Waals surface area contributed by atoms with Gasteiger partial charge in [-0.25, -0.2) is 9.37 Å². The first-order chi connectivity index (χ1) is 9.52. The van der Waals surface area contributed by atoms with Crippen LogP contribution in [0, 0.1) is 19.7 Å². The Morgan fingerprint density at radius 1 is 1.35 bits per heavy atom. The largest absolute Gasteiger partial charge is 0.355 e. The van der Waals surface area contributed by atoms with Gasteiger partial charge in [-0.15, -0.1) is 0 Å². The van der Waals surface area contributed by atoms with Crippen LogP contribution in [-0.4, -0.2) is 16.1 Å². The number of anilines is 1. The number of hydrogen-bond donors (Lipinski definition) is 1. The van der Waals surface area contributed by atoms with Gasteiger partial charge in [0, 0.05) is 12.7 Å². The molecule has 2 rings (SSSR count). The molecule has 2 aromatic rings. The average molecular weight is 340 g/mol. The summed E-state index contributed by atoms with van der Waals surface area (Å²) in [5, 5.41) is 3.31. The minimum absolute atomic E-state index is 0.267. The third kappa shape index (κ3) is 3.20. The molecule has 0 unspecified atom stereocenters. The lowest BCUT2D eigenvalue weighted by molar-refractivity contribution is 0.619. The van der Waals surface area contributed by atoms with Gasteiger partial charge in [-0.1, -0.05) is 13.3 Å². The standard InChI is InChI=1S/C15H19BrFN3/c1-4-5-6-18-15-19-11(3)9-20(15)14-8-13(17)12(16)7-10(14)2/h7-9H,4-6H2,1-3H3,(H,18,19). The lowest BCUT2D eigenvalue weighted by atomic mass is 10.2. The van der Waals surface area contributed by atoms with Crippen molar-refractivity contribution in [2.24, 2.45) is 0 Å². The summed E-state index contributed by atoms with van der Waals surface area (Å²) in [6.45, 7) is 6.91. The summed E-state index contributed by atoms with van der Waals surface area (Å²) in [5.74, 6) is 0.497. The summed E-state index contributed by atoms with van der Waals surface area (Å²) in [6.07, 6.45) is 4.13. The normalized spacial score (nSPS) is 10.8. The van der Waals surface area contributed by atoms with Gasteiger partial charge in [0.25, 0.3) is 0 Å². The van der Waals surface area contributed by atoms with Crippen LogP contribution in [0.3, 0.4) is 0 Å². The zero-order chi connectivity index (χ0) is 14.7. The number of benzene rings is 1. The fourth-order valence-corrected chi connectivity index (χ4v) is 2.54. The van der Waals surface area contributed by atoms with Crippen molar-refractivity contribution in [3.05, 3.63) is 39.9 Å². The third-order valence-corrected chi connectivity index (χ3v) is 3.75. The molecule has 0 spiro atoms. The Bertz CT molecular complexity index is 607. The van der Waals surface area contributed by atoms with Gasteiger partial charge >= 0.3 is 0 Å². The van der Waals surface area contributed by atoms with Crippen LogP contribution in [0.2, 0.25) is 0 Å². The van der Waals surface area contributed by atoms with Crippen molar-refractivity contribution < 1.29 is 4.39 Å². The first kappa shape index (κ1) is 15.0. The number of nitrogens with zero attached hydrogens (tertiary/aromatic N) is 2. The number of hydrogen-bond acceptors (Lipinski definition) is 2. The van der Waals surface area contributed by atoms with Crippen molar-refractivity contribution in [3.8, 4) is 5.69 Å². The summed E-state index contributed by atoms with van der Waals surface area (Å²) in [5.41, 5.74) is 2.71. The molecule has 0 fully saturated rings. The highest BCUT2D eigenvalue weighted by atomic mass is 79.9. The minimum Gasteiger partial charge on any atom is -0.355 e. The van der Waals surface area contributed by atoms with Crippen molar-refractivity contribution in [1.82, 2.24) is 9.55 Å². The highest BCUT2D eigenvalue weighted by molar-refractivity contribution is 9.10. The fourth-order valence-electron chi connectivity index (χ4n) is 2.08. The molecule has 0 amide bonds. The number of unbranched alkanes of at least 4 members (excludes halogenated alkanes) is 1. The molecule has 0 atom stereocenters. The Balaban J connectivity index is 2.39. The molecular formula is C15H19BrFN3. The van der Waals surface area contributed by atoms with E-state index in [9.17, 15) is 4.39 Å². The van der Waals surface area contributed by atoms with E-state index in [1.54, 1.807) is 6.07 Å². The summed E-state index contributed by atoms with van der Waals surface area (Å²) >= 11 is 3.21. The Kier molecular flexibility index (Phi) is 4.81. The van der Waals surface area contributed by atoms with E-state index in [1.807, 2.05) is 24.6 Å². The first-order valence-corrected chi connectivity index (χ1v) is 7.58. The highest BCUT2D eigenvalue weighted by Crippen LogP contribution is 2.25. The van der Waals surface area contributed by atoms with Crippen LogP contribution >= 0.6 is 15.9 Å². The number of imidazole rings is 1. The molecule has 1 N–H and O–H groups in total. The molecule has 20 heavy (non-hydrogen) atoms. The molecule has 108 valence electrons. The second-order valence-corrected chi connectivity index (χ2v) is 5.76. The highest BCUT2D eigenvalue weighted by Gasteiger charge is 2.12. The maximum absolute atomic E-state index is 13.8. The van der Waals surface area contributed by atoms with Crippen molar-refractivity contribution in [1.29, 1.82) is 0 Å². The number of aryl methyl sites for hydroxylation is 2. The van der Waals surface area contributed by atoms with Crippen LogP contribution < -0.4 is 5.32 Å². The second kappa shape index (κ2) is 6.39. The topological polar surface area (TPSA) is 29.9 Å². The molecule has 1 aromatic carbocycles. The number of halogens is 2. The lowest BCUT2D eigenvalue weighted by Crippen LogP contribution is -2.08. The van der Waals surface area contributed by atoms with E-state index in [0.29, 0.717) is 4.47 Å². The maximum atomic E-state index is 13.8. The molecule has 1 aromatic heterocycles. The van der Waals surface area contributed by atoms with E-state index in [-0.39, 0.29) is 5.82 Å². The maximum Gasteiger partial charge on any atom is 0.207 e. The van der Waals surface area contributed by atoms with Crippen molar-refractivity contribution in [3.63, 3.8) is 0 Å². The van der Waals surface area contributed by atoms with Crippen molar-refractivity contribution in [2.75, 3.05) is 11.9 Å². The van der Waals surface area contributed by atoms with E-state index in [0.717, 1.165) is 42.3 Å². The van der Waals surface area contributed by atoms with Gasteiger partial charge in [-0.3, -0.25) is 4.57 Å². The van der Waals surface area contributed by atoms with Gasteiger partial charge in [0.1, 0.15) is 5.82 Å². The summed E-state index contributed by atoms with van der Waals surface area (Å²) in [4.78, 5) is 4.47. The van der Waals surface area contributed by atoms with E-state index in [4.69, 9.17) is 0 Å². The smallest absolute Gasteiger partial charge is 0.207 e. The van der Waals surface area contributed by atoms with Gasteiger partial charge in [0.05, 0.1) is 15.9 Å². The van der Waals surface area contributed by atoms with Crippen LogP contribution in [-0.2, 0) is 0 Å². The van der Waals surface area contributed by atoms with Gasteiger partial charge in [-0.2, -0.15) is 0 Å². The molecule has 3 nitrogen and oxygen atoms in total. The quantitative estimate of drug-likeness (QED) is 0.806. The van der Waals surface area contributed by atoms with Crippen molar-refractivity contribution in [2.45, 2.75) is 33.6 Å². The van der Waals surface area contributed by atoms with Gasteiger partial charge in [-0.05, 0) is 53.9 Å². The van der Waals surface area contributed by atoms with Crippen LogP contribution in [0.4, 0.5) is 10.3 Å². The molecule has 0 bridgehead atoms. The molecule has 0 saturated carbocycles. The number of rotatable bonds is 5. The lowest BCUT2D eigenvalue weighted by Gasteiger charge is -2.12. The molecule has 5 heteroatoms. The SMILES string of the molecule is CCCCNc1nc(C)cn1-c1cc(F)c(Br)cc1C. The predicted octanol–water partition coefficient (Wildman–Crippen LogP) is 4.60. The van der Waals surface area contributed by atoms with Crippen molar-refractivity contribution >= 4 is 21.9 Å². The summed E-state index contributed by atoms with van der Waals surface area (Å²) in [7, 11) is 0. The molecule has 0 aliphatic carbocycles. The Morgan fingerprint density at radius 2 is 2.10 bits per heavy atom. The Labute approximate surface area is 127 Å². The predicted molar refractivity (Wildman–Crippen MR) is 84.1 cm³/mol. The van der Waals surface area contributed by atoms with Crippen LogP contribution in [0.15, 0.2) is 22.8 Å². The molecule has 0 aliphatic rings. The Hall–Kier alpha value is -1.36. The zero-order valence-corrected chi connectivity index (χ0v) is 13.6. The third-order valence-electron chi connectivity index (χ3n) is 3.14. The molecule has 0 radical (unpaired) electrons. The molecular weight excluding hydrogens is 321 g/mol. The van der Waals surface area contributed by atoms with Crippen LogP contribution in [0.5, 0.6) is 0 Å². The average Bonchev–Trinajstić information content (AvgIpc) is 2.75. The van der Waals surface area contributed by atoms with E-state index in [2.05, 4.69) is 33.2 Å². The zero-order valence-electron chi connectivity index (χ0n) is 12.0.